The van der Waals surface area contributed by atoms with Crippen LogP contribution in [0.3, 0.4) is 0 Å². The fraction of sp³-hybridized carbons (Fsp3) is 0.492. The number of aromatic carboxylic acids is 1. The van der Waals surface area contributed by atoms with Gasteiger partial charge in [-0.15, -0.1) is 15.3 Å². The number of benzene rings is 2. The first-order valence-electron chi connectivity index (χ1n) is 31.2. The Morgan fingerprint density at radius 1 is 0.891 bits per heavy atom. The Morgan fingerprint density at radius 3 is 2.43 bits per heavy atom. The predicted molar refractivity (Wildman–Crippen MR) is 343 cm³/mol. The average molecular weight is 1280 g/mol. The molecule has 0 spiro atoms. The third kappa shape index (κ3) is 13.9. The fourth-order valence-corrected chi connectivity index (χ4v) is 15.6. The minimum absolute atomic E-state index is 0.00878. The Balaban J connectivity index is 0.667. The highest BCUT2D eigenvalue weighted by Gasteiger charge is 2.74. The molecule has 5 amide bonds. The summed E-state index contributed by atoms with van der Waals surface area (Å²) in [5.41, 5.74) is 10.00. The average Bonchev–Trinajstić information content (AvgIpc) is 1.51. The molecule has 4 saturated carbocycles. The Kier molecular flexibility index (Phi) is 19.2. The number of carboxylic acids is 1. The maximum atomic E-state index is 13.3. The topological polar surface area (TPSA) is 326 Å². The summed E-state index contributed by atoms with van der Waals surface area (Å²) >= 11 is 1.52. The van der Waals surface area contributed by atoms with E-state index < -0.39 is 48.2 Å². The normalized spacial score (nSPS) is 22.6. The zero-order valence-electron chi connectivity index (χ0n) is 52.8. The molecule has 26 nitrogen and oxygen atoms in total. The number of carbonyl (C=O) groups excluding carboxylic acids is 5. The third-order valence-corrected chi connectivity index (χ3v) is 19.1. The fourth-order valence-electron chi connectivity index (χ4n) is 14.7. The summed E-state index contributed by atoms with van der Waals surface area (Å²) in [7, 11) is 4.13. The number of pyridine rings is 1. The van der Waals surface area contributed by atoms with Crippen molar-refractivity contribution in [3.63, 3.8) is 0 Å². The SMILES string of the molecule is CC(=NCC12CC3(C)CC(C)(C1)CC2(OCCN(C)C)C3)/C(=C\N)c1ccc(N(CCCCCn2cc(COCCOCCNC(=O)COc3cccc4c3C(=O)N(C3CCC(=O)NC3=O)C4=O)nn2)c2cc(C)c(Nc3nc4ccccc4s3)nn2)nc1C(=O)O. The van der Waals surface area contributed by atoms with Crippen LogP contribution in [0, 0.1) is 23.2 Å². The van der Waals surface area contributed by atoms with Crippen molar-refractivity contribution >= 4 is 90.9 Å². The number of nitrogens with one attached hydrogen (secondary N) is 3. The summed E-state index contributed by atoms with van der Waals surface area (Å²) in [6, 6.07) is 16.7. The lowest BCUT2D eigenvalue weighted by atomic mass is 9.61. The molecule has 5 fully saturated rings. The van der Waals surface area contributed by atoms with Crippen molar-refractivity contribution in [2.75, 3.05) is 83.5 Å². The number of aliphatic imine (C=N–C) groups is 1. The first-order chi connectivity index (χ1) is 44.2. The van der Waals surface area contributed by atoms with E-state index >= 15 is 0 Å². The third-order valence-electron chi connectivity index (χ3n) is 18.1. The van der Waals surface area contributed by atoms with E-state index in [0.717, 1.165) is 65.7 Å². The van der Waals surface area contributed by atoms with Gasteiger partial charge in [0, 0.05) is 67.6 Å². The Hall–Kier alpha value is -8.63. The van der Waals surface area contributed by atoms with Crippen molar-refractivity contribution in [3.8, 4) is 5.75 Å². The van der Waals surface area contributed by atoms with Gasteiger partial charge in [-0.1, -0.05) is 48.6 Å². The molecule has 4 bridgehead atoms. The minimum atomic E-state index is -1.21. The number of aryl methyl sites for hydroxylation is 2. The molecule has 6 N–H and O–H groups in total. The molecule has 0 radical (unpaired) electrons. The molecule has 2 aliphatic heterocycles. The van der Waals surface area contributed by atoms with Crippen molar-refractivity contribution in [3.05, 3.63) is 107 Å². The van der Waals surface area contributed by atoms with E-state index in [9.17, 15) is 33.9 Å². The lowest BCUT2D eigenvalue weighted by molar-refractivity contribution is -0.136. The molecule has 12 rings (SSSR count). The monoisotopic (exact) mass is 1280 g/mol. The van der Waals surface area contributed by atoms with Crippen molar-refractivity contribution in [2.24, 2.45) is 27.0 Å². The highest BCUT2D eigenvalue weighted by atomic mass is 32.1. The van der Waals surface area contributed by atoms with Crippen molar-refractivity contribution in [2.45, 2.75) is 117 Å². The van der Waals surface area contributed by atoms with Crippen LogP contribution < -0.4 is 31.3 Å². The second-order valence-electron chi connectivity index (χ2n) is 25.7. The number of allylic oxidation sites excluding steroid dienone is 1. The lowest BCUT2D eigenvalue weighted by Crippen LogP contribution is -2.54. The van der Waals surface area contributed by atoms with Crippen LogP contribution in [0.25, 0.3) is 15.8 Å². The number of unbranched alkanes of at least 4 members (excludes halogenated alkanes) is 2. The standard InChI is InChI=1S/C65H79N15O11S/c1-40-29-51(74-75-56(40)72-61-69-46-14-8-9-16-49(46)92-61)79(50-19-17-43(55(70-50)60(86)87)45(30-66)41(2)68-39-64-35-62(3)34-63(4,36-64)38-65(64,37-62)91-26-24-77(5)6)23-11-7-10-22-78-31-42(73-76-78)32-89-28-27-88-25-21-67-53(82)33-90-48-15-12-13-44-54(48)59(85)80(58(44)84)47-18-20-52(81)71-57(47)83/h8-9,12-17,19,29-31,47H,7,10-11,18,20-28,32-39,66H2,1-6H3,(H,67,82)(H,86,87)(H,69,72,75)(H,71,81,83)/b45-30+,68-41?. The Bertz CT molecular complexity index is 3810. The summed E-state index contributed by atoms with van der Waals surface area (Å²) in [6.07, 6.45) is 10.8. The number of thiazole rings is 1. The number of aromatic nitrogens is 7. The van der Waals surface area contributed by atoms with Crippen LogP contribution in [0.2, 0.25) is 0 Å². The van der Waals surface area contributed by atoms with Crippen molar-refractivity contribution < 1.29 is 52.8 Å². The number of fused-ring (bicyclic) bond motifs is 2. The van der Waals surface area contributed by atoms with Gasteiger partial charge in [0.25, 0.3) is 17.7 Å². The van der Waals surface area contributed by atoms with E-state index in [1.807, 2.05) is 55.3 Å². The second-order valence-corrected chi connectivity index (χ2v) is 26.8. The summed E-state index contributed by atoms with van der Waals surface area (Å²) in [5.74, 6) is -2.87. The van der Waals surface area contributed by atoms with E-state index in [4.69, 9.17) is 39.6 Å². The maximum absolute atomic E-state index is 13.3. The van der Waals surface area contributed by atoms with Crippen molar-refractivity contribution in [1.82, 2.24) is 55.6 Å². The Labute approximate surface area is 536 Å². The summed E-state index contributed by atoms with van der Waals surface area (Å²) in [5, 5.41) is 37.6. The number of ether oxygens (including phenoxy) is 4. The molecule has 4 aromatic heterocycles. The number of anilines is 4. The highest BCUT2D eigenvalue weighted by Crippen LogP contribution is 2.77. The minimum Gasteiger partial charge on any atom is -0.483 e. The lowest BCUT2D eigenvalue weighted by Gasteiger charge is -2.44. The quantitative estimate of drug-likeness (QED) is 0.0166. The summed E-state index contributed by atoms with van der Waals surface area (Å²) in [4.78, 5) is 96.2. The van der Waals surface area contributed by atoms with Crippen LogP contribution in [0.5, 0.6) is 5.75 Å². The summed E-state index contributed by atoms with van der Waals surface area (Å²) in [6.45, 7) is 12.3. The molecule has 6 aromatic rings. The van der Waals surface area contributed by atoms with Crippen molar-refractivity contribution in [1.29, 1.82) is 0 Å². The molecule has 27 heteroatoms. The van der Waals surface area contributed by atoms with E-state index in [1.54, 1.807) is 16.8 Å². The molecular weight excluding hydrogens is 1200 g/mol. The zero-order chi connectivity index (χ0) is 65.0. The van der Waals surface area contributed by atoms with Gasteiger partial charge in [-0.3, -0.25) is 43.9 Å². The molecular formula is C65H79N15O11S. The smallest absolute Gasteiger partial charge is 0.355 e. The zero-order valence-corrected chi connectivity index (χ0v) is 53.6. The number of hydrogen-bond acceptors (Lipinski definition) is 22. The van der Waals surface area contributed by atoms with Crippen LogP contribution in [-0.2, 0) is 41.7 Å². The molecule has 92 heavy (non-hydrogen) atoms. The van der Waals surface area contributed by atoms with E-state index in [1.165, 1.54) is 42.2 Å². The molecule has 6 aliphatic rings. The number of nitrogens with zero attached hydrogens (tertiary/aromatic N) is 11. The maximum Gasteiger partial charge on any atom is 0.355 e. The van der Waals surface area contributed by atoms with Gasteiger partial charge in [0.05, 0.1) is 66.2 Å². The van der Waals surface area contributed by atoms with Gasteiger partial charge in [-0.05, 0) is 145 Å². The van der Waals surface area contributed by atoms with Crippen LogP contribution in [-0.4, -0.2) is 176 Å². The number of rotatable bonds is 31. The highest BCUT2D eigenvalue weighted by molar-refractivity contribution is 7.22. The molecule has 486 valence electrons. The molecule has 3 unspecified atom stereocenters. The van der Waals surface area contributed by atoms with Gasteiger partial charge in [0.15, 0.2) is 29.1 Å². The van der Waals surface area contributed by atoms with E-state index in [0.29, 0.717) is 77.8 Å². The number of para-hydroxylation sites is 1. The van der Waals surface area contributed by atoms with Gasteiger partial charge < -0.3 is 50.2 Å². The molecule has 3 atom stereocenters. The first-order valence-corrected chi connectivity index (χ1v) is 32.0. The number of likely N-dealkylation sites (N-methyl/N-ethyl adjacent to an activating group) is 1. The predicted octanol–water partition coefficient (Wildman–Crippen LogP) is 7.03. The largest absolute Gasteiger partial charge is 0.483 e. The van der Waals surface area contributed by atoms with E-state index in [-0.39, 0.29) is 90.2 Å². The Morgan fingerprint density at radius 2 is 1.68 bits per heavy atom. The van der Waals surface area contributed by atoms with Gasteiger partial charge in [0.2, 0.25) is 11.8 Å². The number of piperidine rings is 1. The second kappa shape index (κ2) is 27.3. The number of carboxylic acid groups (broad SMARTS) is 1. The number of amides is 5. The van der Waals surface area contributed by atoms with Crippen LogP contribution >= 0.6 is 11.3 Å². The number of nitrogens with two attached hydrogens (primary N) is 1. The van der Waals surface area contributed by atoms with Gasteiger partial charge in [0.1, 0.15) is 23.3 Å². The molecule has 4 aliphatic carbocycles. The molecule has 6 heterocycles. The van der Waals surface area contributed by atoms with E-state index in [2.05, 4.69) is 69.3 Å². The van der Waals surface area contributed by atoms with Crippen LogP contribution in [0.4, 0.5) is 22.6 Å². The number of carbonyl (C=O) groups is 6. The summed E-state index contributed by atoms with van der Waals surface area (Å²) < 4.78 is 26.8. The van der Waals surface area contributed by atoms with Gasteiger partial charge in [-0.2, -0.15) is 0 Å². The van der Waals surface area contributed by atoms with Gasteiger partial charge in [-0.25, -0.2) is 14.8 Å². The molecule has 2 aromatic carbocycles. The number of imide groups is 2. The molecule has 1 saturated heterocycles. The van der Waals surface area contributed by atoms with Crippen LogP contribution in [0.15, 0.2) is 78.1 Å². The first kappa shape index (κ1) is 64.9. The number of hydrogen-bond donors (Lipinski definition) is 5. The van der Waals surface area contributed by atoms with Gasteiger partial charge >= 0.3 is 5.97 Å². The van der Waals surface area contributed by atoms with Crippen LogP contribution in [0.1, 0.15) is 133 Å².